The lowest BCUT2D eigenvalue weighted by atomic mass is 9.85. The number of ketones is 1. The second-order valence-corrected chi connectivity index (χ2v) is 9.07. The van der Waals surface area contributed by atoms with E-state index < -0.39 is 23.5 Å². The summed E-state index contributed by atoms with van der Waals surface area (Å²) in [6.45, 7) is 6.08. The Morgan fingerprint density at radius 1 is 1.06 bits per heavy atom. The molecule has 1 amide bonds. The Bertz CT molecular complexity index is 1280. The van der Waals surface area contributed by atoms with Gasteiger partial charge in [0.2, 0.25) is 0 Å². The third kappa shape index (κ3) is 4.05. The van der Waals surface area contributed by atoms with Crippen molar-refractivity contribution >= 4 is 23.1 Å². The van der Waals surface area contributed by atoms with Gasteiger partial charge in [-0.2, -0.15) is 0 Å². The predicted octanol–water partition coefficient (Wildman–Crippen LogP) is 5.15. The molecule has 1 aliphatic rings. The number of aliphatic hydroxyl groups excluding tert-OH is 1. The summed E-state index contributed by atoms with van der Waals surface area (Å²) in [7, 11) is 1.47. The fraction of sp³-hybridized carbons (Fsp3) is 0.222. The lowest BCUT2D eigenvalue weighted by Gasteiger charge is -2.25. The number of rotatable bonds is 4. The number of ether oxygens (including phenoxy) is 1. The highest BCUT2D eigenvalue weighted by Crippen LogP contribution is 2.43. The Morgan fingerprint density at radius 3 is 2.35 bits per heavy atom. The van der Waals surface area contributed by atoms with Gasteiger partial charge in [-0.25, -0.2) is 4.39 Å². The van der Waals surface area contributed by atoms with Crippen LogP contribution < -0.4 is 9.64 Å². The van der Waals surface area contributed by atoms with Crippen molar-refractivity contribution in [1.29, 1.82) is 0 Å². The summed E-state index contributed by atoms with van der Waals surface area (Å²) < 4.78 is 19.0. The highest BCUT2D eigenvalue weighted by atomic mass is 19.1. The standard InChI is InChI=1S/C27H25FN2O4/c1-27(2,3)16-8-13-21(34-4)19(15-16)24(31)22-23(20-7-5-6-14-29-20)30(26(33)25(22)32)18-11-9-17(28)10-12-18/h5-15,23,31H,1-4H3/b24-22+. The van der Waals surface area contributed by atoms with E-state index in [0.29, 0.717) is 22.7 Å². The van der Waals surface area contributed by atoms with E-state index in [9.17, 15) is 19.1 Å². The third-order valence-electron chi connectivity index (χ3n) is 5.84. The number of amides is 1. The number of methoxy groups -OCH3 is 1. The summed E-state index contributed by atoms with van der Waals surface area (Å²) >= 11 is 0. The minimum Gasteiger partial charge on any atom is -0.507 e. The number of anilines is 1. The van der Waals surface area contributed by atoms with Crippen molar-refractivity contribution in [1.82, 2.24) is 4.98 Å². The molecule has 2 aromatic carbocycles. The number of aromatic nitrogens is 1. The summed E-state index contributed by atoms with van der Waals surface area (Å²) in [6, 6.07) is 14.7. The number of pyridine rings is 1. The number of nitrogens with zero attached hydrogens (tertiary/aromatic N) is 2. The van der Waals surface area contributed by atoms with E-state index in [2.05, 4.69) is 4.98 Å². The number of carbonyl (C=O) groups excluding carboxylic acids is 2. The van der Waals surface area contributed by atoms with E-state index in [1.807, 2.05) is 26.8 Å². The Hall–Kier alpha value is -4.00. The molecule has 2 heterocycles. The fourth-order valence-corrected chi connectivity index (χ4v) is 4.02. The molecular formula is C27H25FN2O4. The zero-order chi connectivity index (χ0) is 24.6. The van der Waals surface area contributed by atoms with Gasteiger partial charge in [0.15, 0.2) is 0 Å². The third-order valence-corrected chi connectivity index (χ3v) is 5.84. The average molecular weight is 461 g/mol. The van der Waals surface area contributed by atoms with Crippen molar-refractivity contribution in [2.45, 2.75) is 32.2 Å². The SMILES string of the molecule is COc1ccc(C(C)(C)C)cc1/C(O)=C1\C(=O)C(=O)N(c2ccc(F)cc2)C1c1ccccn1. The number of aliphatic hydroxyl groups is 1. The van der Waals surface area contributed by atoms with Crippen LogP contribution in [-0.4, -0.2) is 28.9 Å². The van der Waals surface area contributed by atoms with Crippen LogP contribution in [0.15, 0.2) is 72.4 Å². The van der Waals surface area contributed by atoms with Gasteiger partial charge >= 0.3 is 0 Å². The van der Waals surface area contributed by atoms with Crippen LogP contribution in [0.25, 0.3) is 5.76 Å². The van der Waals surface area contributed by atoms with E-state index in [-0.39, 0.29) is 16.7 Å². The number of hydrogen-bond acceptors (Lipinski definition) is 5. The van der Waals surface area contributed by atoms with Gasteiger partial charge in [-0.1, -0.05) is 32.9 Å². The van der Waals surface area contributed by atoms with Gasteiger partial charge in [0.05, 0.1) is 23.9 Å². The van der Waals surface area contributed by atoms with Crippen LogP contribution in [0.3, 0.4) is 0 Å². The second-order valence-electron chi connectivity index (χ2n) is 9.07. The molecule has 6 nitrogen and oxygen atoms in total. The zero-order valence-electron chi connectivity index (χ0n) is 19.4. The van der Waals surface area contributed by atoms with Gasteiger partial charge < -0.3 is 9.84 Å². The monoisotopic (exact) mass is 460 g/mol. The average Bonchev–Trinajstić information content (AvgIpc) is 3.09. The largest absolute Gasteiger partial charge is 0.507 e. The van der Waals surface area contributed by atoms with Crippen molar-refractivity contribution in [2.24, 2.45) is 0 Å². The molecule has 3 aromatic rings. The quantitative estimate of drug-likeness (QED) is 0.331. The maximum Gasteiger partial charge on any atom is 0.300 e. The molecule has 1 atom stereocenters. The lowest BCUT2D eigenvalue weighted by Crippen LogP contribution is -2.29. The first-order chi connectivity index (χ1) is 16.1. The Balaban J connectivity index is 1.98. The minimum absolute atomic E-state index is 0.114. The topological polar surface area (TPSA) is 79.7 Å². The predicted molar refractivity (Wildman–Crippen MR) is 127 cm³/mol. The number of Topliss-reactive ketones (excluding diaryl/α,β-unsaturated/α-hetero) is 1. The molecule has 174 valence electrons. The molecule has 1 aliphatic heterocycles. The van der Waals surface area contributed by atoms with Crippen LogP contribution in [0.1, 0.15) is 43.6 Å². The normalized spacial score (nSPS) is 17.8. The Morgan fingerprint density at radius 2 is 1.76 bits per heavy atom. The molecule has 7 heteroatoms. The van der Waals surface area contributed by atoms with Gasteiger partial charge in [-0.3, -0.25) is 19.5 Å². The molecule has 0 bridgehead atoms. The molecular weight excluding hydrogens is 435 g/mol. The van der Waals surface area contributed by atoms with Crippen molar-refractivity contribution in [3.63, 3.8) is 0 Å². The van der Waals surface area contributed by atoms with Gasteiger partial charge in [0.25, 0.3) is 11.7 Å². The van der Waals surface area contributed by atoms with Crippen LogP contribution in [0.4, 0.5) is 10.1 Å². The van der Waals surface area contributed by atoms with Gasteiger partial charge in [0.1, 0.15) is 23.4 Å². The number of carbonyl (C=O) groups is 2. The van der Waals surface area contributed by atoms with Crippen LogP contribution in [0, 0.1) is 5.82 Å². The second kappa shape index (κ2) is 8.74. The fourth-order valence-electron chi connectivity index (χ4n) is 4.02. The lowest BCUT2D eigenvalue weighted by molar-refractivity contribution is -0.132. The van der Waals surface area contributed by atoms with Gasteiger partial charge in [-0.05, 0) is 59.5 Å². The molecule has 1 fully saturated rings. The molecule has 1 N–H and O–H groups in total. The van der Waals surface area contributed by atoms with Crippen LogP contribution in [0.5, 0.6) is 5.75 Å². The Kier molecular flexibility index (Phi) is 5.96. The molecule has 34 heavy (non-hydrogen) atoms. The van der Waals surface area contributed by atoms with E-state index in [4.69, 9.17) is 4.74 Å². The molecule has 1 unspecified atom stereocenters. The molecule has 1 saturated heterocycles. The van der Waals surface area contributed by atoms with Gasteiger partial charge in [0, 0.05) is 11.9 Å². The van der Waals surface area contributed by atoms with Crippen LogP contribution in [0.2, 0.25) is 0 Å². The van der Waals surface area contributed by atoms with E-state index in [0.717, 1.165) is 5.56 Å². The molecule has 0 radical (unpaired) electrons. The molecule has 1 aromatic heterocycles. The van der Waals surface area contributed by atoms with E-state index in [1.54, 1.807) is 36.5 Å². The number of hydrogen-bond donors (Lipinski definition) is 1. The maximum absolute atomic E-state index is 13.6. The van der Waals surface area contributed by atoms with Crippen molar-refractivity contribution in [3.05, 3.63) is 95.1 Å². The van der Waals surface area contributed by atoms with Crippen molar-refractivity contribution in [3.8, 4) is 5.75 Å². The van der Waals surface area contributed by atoms with Crippen LogP contribution in [-0.2, 0) is 15.0 Å². The molecule has 0 saturated carbocycles. The highest BCUT2D eigenvalue weighted by molar-refractivity contribution is 6.51. The smallest absolute Gasteiger partial charge is 0.300 e. The van der Waals surface area contributed by atoms with Crippen LogP contribution >= 0.6 is 0 Å². The molecule has 0 spiro atoms. The highest BCUT2D eigenvalue weighted by Gasteiger charge is 2.48. The summed E-state index contributed by atoms with van der Waals surface area (Å²) in [5, 5.41) is 11.5. The molecule has 0 aliphatic carbocycles. The first kappa shape index (κ1) is 23.2. The first-order valence-electron chi connectivity index (χ1n) is 10.8. The number of halogens is 1. The summed E-state index contributed by atoms with van der Waals surface area (Å²) in [5.41, 5.74) is 1.57. The summed E-state index contributed by atoms with van der Waals surface area (Å²) in [4.78, 5) is 32.0. The van der Waals surface area contributed by atoms with E-state index >= 15 is 0 Å². The van der Waals surface area contributed by atoms with Gasteiger partial charge in [-0.15, -0.1) is 0 Å². The first-order valence-corrected chi connectivity index (χ1v) is 10.8. The number of benzene rings is 2. The zero-order valence-corrected chi connectivity index (χ0v) is 19.4. The Labute approximate surface area is 197 Å². The minimum atomic E-state index is -1.00. The summed E-state index contributed by atoms with van der Waals surface area (Å²) in [5.74, 6) is -2.17. The van der Waals surface area contributed by atoms with Crippen molar-refractivity contribution < 1.29 is 23.8 Å². The summed E-state index contributed by atoms with van der Waals surface area (Å²) in [6.07, 6.45) is 1.54. The molecule has 4 rings (SSSR count). The van der Waals surface area contributed by atoms with E-state index in [1.165, 1.54) is 36.3 Å². The van der Waals surface area contributed by atoms with Crippen molar-refractivity contribution in [2.75, 3.05) is 12.0 Å². The maximum atomic E-state index is 13.6.